The van der Waals surface area contributed by atoms with Crippen molar-refractivity contribution in [2.75, 3.05) is 0 Å². The molecule has 0 fully saturated rings. The molecule has 0 heterocycles. The van der Waals surface area contributed by atoms with E-state index in [1.54, 1.807) is 20.8 Å². The van der Waals surface area contributed by atoms with Crippen LogP contribution < -0.4 is 11.6 Å². The quantitative estimate of drug-likeness (QED) is 0.355. The van der Waals surface area contributed by atoms with Gasteiger partial charge in [0.25, 0.3) is 0 Å². The van der Waals surface area contributed by atoms with E-state index in [2.05, 4.69) is 10.7 Å². The van der Waals surface area contributed by atoms with Crippen molar-refractivity contribution in [3.8, 4) is 0 Å². The molecule has 0 aliphatic rings. The van der Waals surface area contributed by atoms with Crippen molar-refractivity contribution in [1.29, 1.82) is 0 Å². The van der Waals surface area contributed by atoms with Crippen molar-refractivity contribution >= 4 is 11.9 Å². The summed E-state index contributed by atoms with van der Waals surface area (Å²) in [4.78, 5) is 26.3. The minimum atomic E-state index is -1.87. The van der Waals surface area contributed by atoms with E-state index < -0.39 is 23.1 Å². The highest BCUT2D eigenvalue weighted by molar-refractivity contribution is 6.04. The first-order chi connectivity index (χ1) is 6.11. The number of ether oxygens (including phenoxy) is 1. The number of carbonyl (C=O) groups is 2. The average Bonchev–Trinajstić information content (AvgIpc) is 1.99. The zero-order valence-electron chi connectivity index (χ0n) is 8.79. The normalized spacial score (nSPS) is 15.6. The molecule has 0 bridgehead atoms. The molecule has 0 unspecified atom stereocenters. The molecule has 0 saturated heterocycles. The molecule has 0 aromatic carbocycles. The maximum atomic E-state index is 11.4. The van der Waals surface area contributed by atoms with Gasteiger partial charge in [0, 0.05) is 0 Å². The summed E-state index contributed by atoms with van der Waals surface area (Å²) in [6.07, 6.45) is 0. The van der Waals surface area contributed by atoms with Crippen molar-refractivity contribution in [3.05, 3.63) is 0 Å². The monoisotopic (exact) mass is 204 g/mol. The summed E-state index contributed by atoms with van der Waals surface area (Å²) in [6.45, 7) is 6.16. The molecule has 0 radical (unpaired) electrons. The second-order valence-corrected chi connectivity index (χ2v) is 4.11. The van der Waals surface area contributed by atoms with Crippen molar-refractivity contribution in [1.82, 2.24) is 0 Å². The van der Waals surface area contributed by atoms with E-state index in [0.29, 0.717) is 0 Å². The molecular formula is C8H16N2O4. The highest BCUT2D eigenvalue weighted by Gasteiger charge is 2.42. The van der Waals surface area contributed by atoms with Crippen molar-refractivity contribution in [3.63, 3.8) is 0 Å². The van der Waals surface area contributed by atoms with E-state index in [0.717, 1.165) is 0 Å². The minimum absolute atomic E-state index is 0.716. The number of hydrogen-bond acceptors (Lipinski definition) is 6. The summed E-state index contributed by atoms with van der Waals surface area (Å²) in [7, 11) is 0. The third-order valence-electron chi connectivity index (χ3n) is 1.35. The van der Waals surface area contributed by atoms with E-state index in [4.69, 9.17) is 10.5 Å². The first-order valence-electron chi connectivity index (χ1n) is 4.04. The standard InChI is InChI=1S/C8H16N2O4/c1-7(2,3)13-5(11)8(4,9)6(12)14-10/h9-10H2,1-4H3/t8-/m1/s1. The Morgan fingerprint density at radius 1 is 1.07 bits per heavy atom. The van der Waals surface area contributed by atoms with Gasteiger partial charge in [-0.15, -0.1) is 0 Å². The van der Waals surface area contributed by atoms with Crippen LogP contribution in [0.15, 0.2) is 0 Å². The molecule has 0 rings (SSSR count). The van der Waals surface area contributed by atoms with Gasteiger partial charge in [-0.2, -0.15) is 5.90 Å². The van der Waals surface area contributed by atoms with Crippen molar-refractivity contribution in [2.45, 2.75) is 38.8 Å². The lowest BCUT2D eigenvalue weighted by Crippen LogP contribution is -2.56. The molecule has 0 saturated carbocycles. The van der Waals surface area contributed by atoms with Gasteiger partial charge in [0.1, 0.15) is 5.60 Å². The van der Waals surface area contributed by atoms with Gasteiger partial charge in [0.05, 0.1) is 0 Å². The molecule has 0 aromatic rings. The maximum Gasteiger partial charge on any atom is 0.355 e. The highest BCUT2D eigenvalue weighted by atomic mass is 16.7. The smallest absolute Gasteiger partial charge is 0.355 e. The van der Waals surface area contributed by atoms with Gasteiger partial charge in [-0.1, -0.05) is 0 Å². The molecule has 4 N–H and O–H groups in total. The van der Waals surface area contributed by atoms with Crippen LogP contribution >= 0.6 is 0 Å². The zero-order chi connectivity index (χ0) is 11.6. The molecule has 0 amide bonds. The summed E-state index contributed by atoms with van der Waals surface area (Å²) in [5.74, 6) is 2.71. The van der Waals surface area contributed by atoms with Crippen LogP contribution in [-0.4, -0.2) is 23.1 Å². The summed E-state index contributed by atoms with van der Waals surface area (Å²) in [5, 5.41) is 0. The van der Waals surface area contributed by atoms with Gasteiger partial charge < -0.3 is 15.3 Å². The number of nitrogens with two attached hydrogens (primary N) is 2. The van der Waals surface area contributed by atoms with Crippen LogP contribution in [-0.2, 0) is 19.2 Å². The number of esters is 1. The molecular weight excluding hydrogens is 188 g/mol. The summed E-state index contributed by atoms with van der Waals surface area (Å²) < 4.78 is 4.91. The Hall–Kier alpha value is -1.14. The van der Waals surface area contributed by atoms with E-state index in [-0.39, 0.29) is 0 Å². The molecule has 14 heavy (non-hydrogen) atoms. The summed E-state index contributed by atoms with van der Waals surface area (Å²) in [6, 6.07) is 0. The van der Waals surface area contributed by atoms with Crippen LogP contribution in [0.25, 0.3) is 0 Å². The molecule has 6 nitrogen and oxygen atoms in total. The van der Waals surface area contributed by atoms with Gasteiger partial charge in [-0.25, -0.2) is 9.59 Å². The fraction of sp³-hybridized carbons (Fsp3) is 0.750. The fourth-order valence-electron chi connectivity index (χ4n) is 0.590. The van der Waals surface area contributed by atoms with Crippen LogP contribution in [0.3, 0.4) is 0 Å². The third-order valence-corrected chi connectivity index (χ3v) is 1.35. The first kappa shape index (κ1) is 12.9. The summed E-state index contributed by atoms with van der Waals surface area (Å²) in [5.41, 5.74) is 2.80. The topological polar surface area (TPSA) is 105 Å². The Kier molecular flexibility index (Phi) is 3.61. The zero-order valence-corrected chi connectivity index (χ0v) is 8.79. The fourth-order valence-corrected chi connectivity index (χ4v) is 0.590. The van der Waals surface area contributed by atoms with E-state index in [1.165, 1.54) is 6.92 Å². The van der Waals surface area contributed by atoms with Crippen molar-refractivity contribution in [2.24, 2.45) is 11.6 Å². The Balaban J connectivity index is 4.60. The lowest BCUT2D eigenvalue weighted by molar-refractivity contribution is -0.170. The molecule has 0 aliphatic carbocycles. The Bertz CT molecular complexity index is 242. The second kappa shape index (κ2) is 3.93. The molecule has 82 valence electrons. The van der Waals surface area contributed by atoms with Gasteiger partial charge in [-0.3, -0.25) is 0 Å². The predicted octanol–water partition coefficient (Wildman–Crippen LogP) is -0.538. The number of carbonyl (C=O) groups excluding carboxylic acids is 2. The van der Waals surface area contributed by atoms with E-state index >= 15 is 0 Å². The van der Waals surface area contributed by atoms with Crippen LogP contribution in [0.2, 0.25) is 0 Å². The van der Waals surface area contributed by atoms with Gasteiger partial charge >= 0.3 is 11.9 Å². The molecule has 0 aromatic heterocycles. The largest absolute Gasteiger partial charge is 0.458 e. The predicted molar refractivity (Wildman–Crippen MR) is 48.7 cm³/mol. The Morgan fingerprint density at radius 2 is 1.50 bits per heavy atom. The van der Waals surface area contributed by atoms with Crippen molar-refractivity contribution < 1.29 is 19.2 Å². The number of hydrogen-bond donors (Lipinski definition) is 2. The lowest BCUT2D eigenvalue weighted by Gasteiger charge is -2.25. The number of rotatable bonds is 2. The molecule has 6 heteroatoms. The van der Waals surface area contributed by atoms with Gasteiger partial charge in [0.2, 0.25) is 5.54 Å². The summed E-state index contributed by atoms with van der Waals surface area (Å²) >= 11 is 0. The molecule has 0 spiro atoms. The first-order valence-corrected chi connectivity index (χ1v) is 4.04. The van der Waals surface area contributed by atoms with Crippen LogP contribution in [0.1, 0.15) is 27.7 Å². The Morgan fingerprint density at radius 3 is 1.79 bits per heavy atom. The van der Waals surface area contributed by atoms with Crippen LogP contribution in [0, 0.1) is 0 Å². The average molecular weight is 204 g/mol. The van der Waals surface area contributed by atoms with Crippen LogP contribution in [0.5, 0.6) is 0 Å². The molecule has 1 atom stereocenters. The van der Waals surface area contributed by atoms with Gasteiger partial charge in [-0.05, 0) is 27.7 Å². The van der Waals surface area contributed by atoms with E-state index in [1.807, 2.05) is 0 Å². The van der Waals surface area contributed by atoms with Crippen LogP contribution in [0.4, 0.5) is 0 Å². The SMILES string of the molecule is CC(C)(C)OC(=O)[C@@](C)(N)C(=O)ON. The highest BCUT2D eigenvalue weighted by Crippen LogP contribution is 2.13. The maximum absolute atomic E-state index is 11.4. The lowest BCUT2D eigenvalue weighted by atomic mass is 10.0. The second-order valence-electron chi connectivity index (χ2n) is 4.11. The van der Waals surface area contributed by atoms with E-state index in [9.17, 15) is 9.59 Å². The third kappa shape index (κ3) is 3.31. The molecule has 0 aliphatic heterocycles. The Labute approximate surface area is 82.5 Å². The minimum Gasteiger partial charge on any atom is -0.458 e. The van der Waals surface area contributed by atoms with Gasteiger partial charge in [0.15, 0.2) is 0 Å².